The van der Waals surface area contributed by atoms with E-state index in [0.29, 0.717) is 23.2 Å². The smallest absolute Gasteiger partial charge is 0.336 e. The molecule has 2 aromatic heterocycles. The first-order chi connectivity index (χ1) is 12.3. The average Bonchev–Trinajstić information content (AvgIpc) is 2.97. The fourth-order valence-electron chi connectivity index (χ4n) is 3.04. The van der Waals surface area contributed by atoms with E-state index < -0.39 is 0 Å². The molecule has 2 heterocycles. The molecular weight excluding hydrogens is 348 g/mol. The van der Waals surface area contributed by atoms with Crippen LogP contribution in [-0.2, 0) is 12.3 Å². The molecule has 0 saturated heterocycles. The second-order valence-electron chi connectivity index (χ2n) is 7.28. The van der Waals surface area contributed by atoms with E-state index in [4.69, 9.17) is 4.42 Å². The summed E-state index contributed by atoms with van der Waals surface area (Å²) in [6.45, 7) is 11.4. The lowest BCUT2D eigenvalue weighted by molar-refractivity contribution is 0.446. The number of tetrazole rings is 1. The van der Waals surface area contributed by atoms with Crippen molar-refractivity contribution < 1.29 is 4.42 Å². The molecule has 0 bridgehead atoms. The number of hydrogen-bond acceptors (Lipinski definition) is 6. The summed E-state index contributed by atoms with van der Waals surface area (Å²) < 4.78 is 7.23. The lowest BCUT2D eigenvalue weighted by Gasteiger charge is -2.13. The normalized spacial score (nSPS) is 11.8. The second kappa shape index (κ2) is 7.61. The molecule has 0 N–H and O–H groups in total. The fourth-order valence-corrected chi connectivity index (χ4v) is 3.91. The van der Waals surface area contributed by atoms with Gasteiger partial charge in [-0.1, -0.05) is 39.5 Å². The molecule has 0 atom stereocenters. The van der Waals surface area contributed by atoms with Gasteiger partial charge < -0.3 is 4.42 Å². The van der Waals surface area contributed by atoms with Crippen LogP contribution in [0, 0.1) is 12.8 Å². The van der Waals surface area contributed by atoms with Crippen molar-refractivity contribution in [1.29, 1.82) is 0 Å². The maximum absolute atomic E-state index is 12.0. The van der Waals surface area contributed by atoms with E-state index in [1.54, 1.807) is 6.07 Å². The summed E-state index contributed by atoms with van der Waals surface area (Å²) in [7, 11) is 0. The zero-order valence-electron chi connectivity index (χ0n) is 15.8. The first-order valence-electron chi connectivity index (χ1n) is 8.81. The van der Waals surface area contributed by atoms with Crippen LogP contribution in [0.1, 0.15) is 50.3 Å². The predicted molar refractivity (Wildman–Crippen MR) is 104 cm³/mol. The molecule has 6 nitrogen and oxygen atoms in total. The van der Waals surface area contributed by atoms with Crippen LogP contribution in [0.2, 0.25) is 0 Å². The number of hydrogen-bond donors (Lipinski definition) is 0. The van der Waals surface area contributed by atoms with Gasteiger partial charge in [-0.05, 0) is 58.0 Å². The molecule has 0 aliphatic heterocycles. The molecule has 0 saturated carbocycles. The molecule has 0 aliphatic carbocycles. The van der Waals surface area contributed by atoms with Crippen molar-refractivity contribution >= 4 is 22.7 Å². The van der Waals surface area contributed by atoms with Crippen molar-refractivity contribution in [3.63, 3.8) is 0 Å². The highest BCUT2D eigenvalue weighted by Crippen LogP contribution is 2.29. The zero-order chi connectivity index (χ0) is 18.8. The van der Waals surface area contributed by atoms with Gasteiger partial charge in [-0.15, -0.1) is 5.10 Å². The van der Waals surface area contributed by atoms with Gasteiger partial charge in [-0.3, -0.25) is 0 Å². The number of aryl methyl sites for hydroxylation is 1. The molecule has 0 spiro atoms. The third-order valence-corrected chi connectivity index (χ3v) is 5.24. The average molecular weight is 372 g/mol. The summed E-state index contributed by atoms with van der Waals surface area (Å²) >= 11 is 1.54. The summed E-state index contributed by atoms with van der Waals surface area (Å²) in [6.07, 6.45) is 0. The second-order valence-corrected chi connectivity index (χ2v) is 8.22. The van der Waals surface area contributed by atoms with Crippen LogP contribution < -0.4 is 5.63 Å². The number of aromatic nitrogens is 4. The molecule has 3 aromatic rings. The first kappa shape index (κ1) is 18.6. The van der Waals surface area contributed by atoms with Crippen LogP contribution in [0.4, 0.5) is 0 Å². The maximum Gasteiger partial charge on any atom is 0.336 e. The molecule has 0 radical (unpaired) electrons. The summed E-state index contributed by atoms with van der Waals surface area (Å²) in [5, 5.41) is 13.7. The maximum atomic E-state index is 12.0. The Labute approximate surface area is 157 Å². The Bertz CT molecular complexity index is 975. The van der Waals surface area contributed by atoms with E-state index >= 15 is 0 Å². The van der Waals surface area contributed by atoms with Gasteiger partial charge in [-0.2, -0.15) is 0 Å². The van der Waals surface area contributed by atoms with E-state index in [1.165, 1.54) is 17.3 Å². The van der Waals surface area contributed by atoms with Crippen molar-refractivity contribution in [1.82, 2.24) is 20.2 Å². The highest BCUT2D eigenvalue weighted by Gasteiger charge is 2.14. The Kier molecular flexibility index (Phi) is 5.46. The number of thioether (sulfide) groups is 1. The summed E-state index contributed by atoms with van der Waals surface area (Å²) in [6, 6.07) is 5.68. The summed E-state index contributed by atoms with van der Waals surface area (Å²) in [5.74, 6) is 1.48. The van der Waals surface area contributed by atoms with Crippen LogP contribution in [0.15, 0.2) is 32.6 Å². The van der Waals surface area contributed by atoms with E-state index in [2.05, 4.69) is 56.2 Å². The minimum atomic E-state index is -0.327. The standard InChI is InChI=1S/C19H24N4O2S/c1-11(2)9-23-19(20-21-22-23)26-10-14-7-18(24)25-17-6-13(5)15(12(3)4)8-16(14)17/h6-8,11-12H,9-10H2,1-5H3. The predicted octanol–water partition coefficient (Wildman–Crippen LogP) is 4.16. The molecule has 0 fully saturated rings. The number of benzene rings is 1. The van der Waals surface area contributed by atoms with E-state index in [-0.39, 0.29) is 5.63 Å². The van der Waals surface area contributed by atoms with Crippen LogP contribution in [0.3, 0.4) is 0 Å². The fraction of sp³-hybridized carbons (Fsp3) is 0.474. The van der Waals surface area contributed by atoms with Crippen LogP contribution in [0.25, 0.3) is 11.0 Å². The first-order valence-corrected chi connectivity index (χ1v) is 9.80. The van der Waals surface area contributed by atoms with Crippen LogP contribution in [0.5, 0.6) is 0 Å². The topological polar surface area (TPSA) is 73.8 Å². The highest BCUT2D eigenvalue weighted by molar-refractivity contribution is 7.98. The third-order valence-electron chi connectivity index (χ3n) is 4.23. The van der Waals surface area contributed by atoms with Gasteiger partial charge in [0, 0.05) is 23.8 Å². The van der Waals surface area contributed by atoms with Crippen molar-refractivity contribution in [2.45, 2.75) is 58.0 Å². The van der Waals surface area contributed by atoms with Crippen LogP contribution >= 0.6 is 11.8 Å². The van der Waals surface area contributed by atoms with Crippen molar-refractivity contribution in [3.8, 4) is 0 Å². The number of fused-ring (bicyclic) bond motifs is 1. The molecule has 138 valence electrons. The zero-order valence-corrected chi connectivity index (χ0v) is 16.6. The van der Waals surface area contributed by atoms with E-state index in [9.17, 15) is 4.79 Å². The van der Waals surface area contributed by atoms with Gasteiger partial charge in [0.25, 0.3) is 0 Å². The molecule has 0 aliphatic rings. The summed E-state index contributed by atoms with van der Waals surface area (Å²) in [4.78, 5) is 12.0. The quantitative estimate of drug-likeness (QED) is 0.478. The summed E-state index contributed by atoms with van der Waals surface area (Å²) in [5.41, 5.74) is 3.66. The molecule has 1 aromatic carbocycles. The Hall–Kier alpha value is -2.15. The van der Waals surface area contributed by atoms with Gasteiger partial charge in [0.2, 0.25) is 5.16 Å². The number of nitrogens with zero attached hydrogens (tertiary/aromatic N) is 4. The Morgan fingerprint density at radius 1 is 1.19 bits per heavy atom. The van der Waals surface area contributed by atoms with Gasteiger partial charge in [0.05, 0.1) is 0 Å². The van der Waals surface area contributed by atoms with E-state index in [1.807, 2.05) is 10.7 Å². The molecule has 0 unspecified atom stereocenters. The van der Waals surface area contributed by atoms with Crippen molar-refractivity contribution in [2.75, 3.05) is 0 Å². The van der Waals surface area contributed by atoms with Gasteiger partial charge in [0.1, 0.15) is 5.58 Å². The minimum absolute atomic E-state index is 0.327. The number of rotatable bonds is 6. The lowest BCUT2D eigenvalue weighted by atomic mass is 9.95. The Morgan fingerprint density at radius 2 is 1.96 bits per heavy atom. The van der Waals surface area contributed by atoms with E-state index in [0.717, 1.165) is 28.2 Å². The molecule has 7 heteroatoms. The van der Waals surface area contributed by atoms with Crippen LogP contribution in [-0.4, -0.2) is 20.2 Å². The minimum Gasteiger partial charge on any atom is -0.423 e. The van der Waals surface area contributed by atoms with Gasteiger partial charge in [0.15, 0.2) is 0 Å². The Balaban J connectivity index is 1.96. The van der Waals surface area contributed by atoms with Crippen molar-refractivity contribution in [3.05, 3.63) is 45.3 Å². The molecular formula is C19H24N4O2S. The molecule has 26 heavy (non-hydrogen) atoms. The van der Waals surface area contributed by atoms with Crippen molar-refractivity contribution in [2.24, 2.45) is 5.92 Å². The Morgan fingerprint density at radius 3 is 2.65 bits per heavy atom. The SMILES string of the molecule is Cc1cc2oc(=O)cc(CSc3nnnn3CC(C)C)c2cc1C(C)C. The van der Waals surface area contributed by atoms with Gasteiger partial charge >= 0.3 is 5.63 Å². The lowest BCUT2D eigenvalue weighted by Crippen LogP contribution is -2.08. The monoisotopic (exact) mass is 372 g/mol. The largest absolute Gasteiger partial charge is 0.423 e. The van der Waals surface area contributed by atoms with Gasteiger partial charge in [-0.25, -0.2) is 9.48 Å². The molecule has 3 rings (SSSR count). The highest BCUT2D eigenvalue weighted by atomic mass is 32.2. The third kappa shape index (κ3) is 3.98. The molecule has 0 amide bonds.